The van der Waals surface area contributed by atoms with Gasteiger partial charge >= 0.3 is 5.97 Å². The molecule has 1 atom stereocenters. The highest BCUT2D eigenvalue weighted by Crippen LogP contribution is 2.28. The summed E-state index contributed by atoms with van der Waals surface area (Å²) < 4.78 is 5.33. The van der Waals surface area contributed by atoms with Gasteiger partial charge in [-0.2, -0.15) is 0 Å². The molecule has 142 valence electrons. The third-order valence-electron chi connectivity index (χ3n) is 4.62. The molecule has 2 rings (SSSR count). The second-order valence-electron chi connectivity index (χ2n) is 6.92. The van der Waals surface area contributed by atoms with Crippen molar-refractivity contribution in [1.82, 2.24) is 9.88 Å². The van der Waals surface area contributed by atoms with Crippen LogP contribution in [0.5, 0.6) is 0 Å². The molecule has 1 saturated heterocycles. The number of nitrogens with zero attached hydrogens (tertiary/aromatic N) is 2. The van der Waals surface area contributed by atoms with Gasteiger partial charge in [0.15, 0.2) is 5.37 Å². The predicted octanol–water partition coefficient (Wildman–Crippen LogP) is 2.46. The number of carbonyl (C=O) groups excluding carboxylic acids is 3. The van der Waals surface area contributed by atoms with Crippen molar-refractivity contribution in [3.05, 3.63) is 30.1 Å². The van der Waals surface area contributed by atoms with Crippen LogP contribution in [0.1, 0.15) is 39.2 Å². The van der Waals surface area contributed by atoms with Gasteiger partial charge in [0.25, 0.3) is 5.91 Å². The van der Waals surface area contributed by atoms with Crippen LogP contribution in [0.15, 0.2) is 24.5 Å². The Morgan fingerprint density at radius 1 is 1.38 bits per heavy atom. The van der Waals surface area contributed by atoms with Crippen LogP contribution in [0.4, 0.5) is 0 Å². The summed E-state index contributed by atoms with van der Waals surface area (Å²) in [6, 6.07) is 3.85. The molecule has 1 aliphatic rings. The van der Waals surface area contributed by atoms with Gasteiger partial charge in [0, 0.05) is 30.1 Å². The highest BCUT2D eigenvalue weighted by atomic mass is 32.2. The number of Topliss-reactive ketones (excluding diaryl/α,β-unsaturated/α-hetero) is 1. The first-order valence-corrected chi connectivity index (χ1v) is 9.94. The smallest absolute Gasteiger partial charge is 0.339 e. The van der Waals surface area contributed by atoms with Crippen LogP contribution in [-0.4, -0.2) is 51.8 Å². The molecular formula is C19H26N2O4S. The Bertz CT molecular complexity index is 648. The zero-order valence-corrected chi connectivity index (χ0v) is 16.4. The van der Waals surface area contributed by atoms with Gasteiger partial charge in [-0.15, -0.1) is 11.8 Å². The molecule has 6 nitrogen and oxygen atoms in total. The molecule has 2 heterocycles. The lowest BCUT2D eigenvalue weighted by molar-refractivity contribution is -0.155. The number of rotatable bonds is 8. The molecule has 0 aromatic carbocycles. The van der Waals surface area contributed by atoms with E-state index in [1.54, 1.807) is 26.2 Å². The van der Waals surface area contributed by atoms with Gasteiger partial charge in [-0.1, -0.05) is 26.8 Å². The van der Waals surface area contributed by atoms with Crippen molar-refractivity contribution in [3.63, 3.8) is 0 Å². The second kappa shape index (κ2) is 9.16. The van der Waals surface area contributed by atoms with E-state index in [1.807, 2.05) is 19.1 Å². The van der Waals surface area contributed by atoms with E-state index in [9.17, 15) is 14.4 Å². The number of pyridine rings is 1. The van der Waals surface area contributed by atoms with Crippen LogP contribution >= 0.6 is 11.8 Å². The summed E-state index contributed by atoms with van der Waals surface area (Å²) in [6.07, 6.45) is 5.53. The van der Waals surface area contributed by atoms with Gasteiger partial charge in [-0.25, -0.2) is 4.79 Å². The summed E-state index contributed by atoms with van der Waals surface area (Å²) in [4.78, 5) is 42.7. The molecule has 0 aliphatic carbocycles. The molecule has 0 bridgehead atoms. The normalized spacial score (nSPS) is 17.2. The molecule has 0 saturated carbocycles. The van der Waals surface area contributed by atoms with Crippen molar-refractivity contribution < 1.29 is 19.1 Å². The largest absolute Gasteiger partial charge is 0.464 e. The number of amides is 1. The number of ether oxygens (including phenoxy) is 1. The maximum atomic E-state index is 12.5. The van der Waals surface area contributed by atoms with E-state index in [0.29, 0.717) is 25.1 Å². The molecule has 7 heteroatoms. The Morgan fingerprint density at radius 2 is 2.15 bits per heavy atom. The Hall–Kier alpha value is -1.89. The standard InChI is InChI=1S/C19H26N2O4S/c1-4-19(2,3)15(22)16(23)21-10-12-26-17(21)18(24)25-11-6-8-14-7-5-9-20-13-14/h5,7,9,13,17H,4,6,8,10-12H2,1-3H3/t17-/m1/s1. The minimum atomic E-state index is -0.725. The summed E-state index contributed by atoms with van der Waals surface area (Å²) in [5.74, 6) is -0.855. The summed E-state index contributed by atoms with van der Waals surface area (Å²) in [5, 5.41) is -0.725. The van der Waals surface area contributed by atoms with Crippen LogP contribution in [0.25, 0.3) is 0 Å². The van der Waals surface area contributed by atoms with Gasteiger partial charge in [-0.3, -0.25) is 14.6 Å². The maximum Gasteiger partial charge on any atom is 0.339 e. The van der Waals surface area contributed by atoms with Crippen molar-refractivity contribution in [1.29, 1.82) is 0 Å². The van der Waals surface area contributed by atoms with Gasteiger partial charge in [0.1, 0.15) is 0 Å². The van der Waals surface area contributed by atoms with Gasteiger partial charge in [0.2, 0.25) is 5.78 Å². The van der Waals surface area contributed by atoms with Gasteiger partial charge in [0.05, 0.1) is 6.61 Å². The molecule has 1 aliphatic heterocycles. The van der Waals surface area contributed by atoms with Crippen LogP contribution in [-0.2, 0) is 25.5 Å². The molecule has 1 aromatic rings. The molecule has 0 unspecified atom stereocenters. The second-order valence-corrected chi connectivity index (χ2v) is 8.11. The fourth-order valence-corrected chi connectivity index (χ4v) is 3.63. The predicted molar refractivity (Wildman–Crippen MR) is 101 cm³/mol. The summed E-state index contributed by atoms with van der Waals surface area (Å²) in [6.45, 7) is 6.05. The van der Waals surface area contributed by atoms with Crippen LogP contribution in [0.3, 0.4) is 0 Å². The average Bonchev–Trinajstić information content (AvgIpc) is 3.14. The van der Waals surface area contributed by atoms with Crippen molar-refractivity contribution >= 4 is 29.4 Å². The summed E-state index contributed by atoms with van der Waals surface area (Å²) >= 11 is 1.35. The Labute approximate surface area is 158 Å². The van der Waals surface area contributed by atoms with E-state index in [0.717, 1.165) is 12.0 Å². The number of aryl methyl sites for hydroxylation is 1. The lowest BCUT2D eigenvalue weighted by Gasteiger charge is -2.26. The highest BCUT2D eigenvalue weighted by Gasteiger charge is 2.42. The number of aromatic nitrogens is 1. The quantitative estimate of drug-likeness (QED) is 0.393. The zero-order valence-electron chi connectivity index (χ0n) is 15.6. The number of thioether (sulfide) groups is 1. The fourth-order valence-electron chi connectivity index (χ4n) is 2.52. The third-order valence-corrected chi connectivity index (χ3v) is 5.80. The maximum absolute atomic E-state index is 12.5. The van der Waals surface area contributed by atoms with Gasteiger partial charge in [-0.05, 0) is 30.9 Å². The molecule has 0 spiro atoms. The third kappa shape index (κ3) is 5.06. The Balaban J connectivity index is 1.85. The van der Waals surface area contributed by atoms with Crippen molar-refractivity contribution in [3.8, 4) is 0 Å². The molecule has 0 N–H and O–H groups in total. The zero-order chi connectivity index (χ0) is 19.2. The number of hydrogen-bond donors (Lipinski definition) is 0. The van der Waals surface area contributed by atoms with E-state index >= 15 is 0 Å². The minimum absolute atomic E-state index is 0.279. The highest BCUT2D eigenvalue weighted by molar-refractivity contribution is 8.00. The topological polar surface area (TPSA) is 76.6 Å². The van der Waals surface area contributed by atoms with E-state index < -0.39 is 28.4 Å². The first-order chi connectivity index (χ1) is 12.4. The van der Waals surface area contributed by atoms with Crippen molar-refractivity contribution in [2.75, 3.05) is 18.9 Å². The van der Waals surface area contributed by atoms with E-state index in [-0.39, 0.29) is 6.61 Å². The molecule has 0 radical (unpaired) electrons. The van der Waals surface area contributed by atoms with Crippen LogP contribution in [0, 0.1) is 5.41 Å². The number of carbonyl (C=O) groups is 3. The van der Waals surface area contributed by atoms with E-state index in [4.69, 9.17) is 4.74 Å². The first kappa shape index (κ1) is 20.4. The van der Waals surface area contributed by atoms with Crippen molar-refractivity contribution in [2.45, 2.75) is 45.4 Å². The summed E-state index contributed by atoms with van der Waals surface area (Å²) in [7, 11) is 0. The Kier molecular flexibility index (Phi) is 7.20. The monoisotopic (exact) mass is 378 g/mol. The minimum Gasteiger partial charge on any atom is -0.464 e. The van der Waals surface area contributed by atoms with Crippen molar-refractivity contribution in [2.24, 2.45) is 5.41 Å². The molecule has 26 heavy (non-hydrogen) atoms. The van der Waals surface area contributed by atoms with Gasteiger partial charge < -0.3 is 9.64 Å². The molecular weight excluding hydrogens is 352 g/mol. The first-order valence-electron chi connectivity index (χ1n) is 8.89. The van der Waals surface area contributed by atoms with Crippen LogP contribution in [0.2, 0.25) is 0 Å². The summed E-state index contributed by atoms with van der Waals surface area (Å²) in [5.41, 5.74) is 0.366. The number of hydrogen-bond acceptors (Lipinski definition) is 6. The number of esters is 1. The van der Waals surface area contributed by atoms with Crippen LogP contribution < -0.4 is 0 Å². The average molecular weight is 378 g/mol. The lowest BCUT2D eigenvalue weighted by atomic mass is 9.84. The SMILES string of the molecule is CCC(C)(C)C(=O)C(=O)N1CCS[C@@H]1C(=O)OCCCc1cccnc1. The fraction of sp³-hybridized carbons (Fsp3) is 0.579. The number of ketones is 1. The molecule has 1 aromatic heterocycles. The van der Waals surface area contributed by atoms with E-state index in [2.05, 4.69) is 4.98 Å². The Morgan fingerprint density at radius 3 is 2.81 bits per heavy atom. The van der Waals surface area contributed by atoms with E-state index in [1.165, 1.54) is 16.7 Å². The molecule has 1 fully saturated rings. The molecule has 1 amide bonds. The lowest BCUT2D eigenvalue weighted by Crippen LogP contribution is -2.47.